The number of amides is 1. The number of rotatable bonds is 2. The third kappa shape index (κ3) is 3.95. The number of carbonyl (C=O) groups excluding carboxylic acids is 1. The molecule has 26 heavy (non-hydrogen) atoms. The topological polar surface area (TPSA) is 32.8 Å². The number of benzene rings is 1. The molecule has 0 N–H and O–H groups in total. The first-order valence-corrected chi connectivity index (χ1v) is 8.43. The van der Waals surface area contributed by atoms with Crippen molar-refractivity contribution in [3.8, 4) is 0 Å². The van der Waals surface area contributed by atoms with Crippen LogP contribution in [0.25, 0.3) is 0 Å². The molecule has 1 aromatic carbocycles. The molecule has 0 unspecified atom stereocenters. The maximum absolute atomic E-state index is 13.2. The molecule has 2 fully saturated rings. The minimum Gasteiger partial charge on any atom is -0.444 e. The van der Waals surface area contributed by atoms with Gasteiger partial charge in [0, 0.05) is 38.1 Å². The maximum Gasteiger partial charge on any atom is 0.416 e. The van der Waals surface area contributed by atoms with Crippen LogP contribution in [0.5, 0.6) is 0 Å². The number of likely N-dealkylation sites (tertiary alicyclic amines) is 2. The predicted molar refractivity (Wildman–Crippen MR) is 86.9 cm³/mol. The fourth-order valence-corrected chi connectivity index (χ4v) is 3.62. The van der Waals surface area contributed by atoms with E-state index in [-0.39, 0.29) is 23.6 Å². The molecule has 2 heterocycles. The Morgan fingerprint density at radius 3 is 2.31 bits per heavy atom. The lowest BCUT2D eigenvalue weighted by Gasteiger charge is -2.60. The fourth-order valence-electron chi connectivity index (χ4n) is 3.62. The molecule has 4 nitrogen and oxygen atoms in total. The van der Waals surface area contributed by atoms with Crippen molar-refractivity contribution in [2.24, 2.45) is 5.41 Å². The van der Waals surface area contributed by atoms with E-state index in [1.165, 1.54) is 6.07 Å². The largest absolute Gasteiger partial charge is 0.444 e. The van der Waals surface area contributed by atoms with Gasteiger partial charge in [-0.1, -0.05) is 6.07 Å². The van der Waals surface area contributed by atoms with E-state index < -0.39 is 23.2 Å². The van der Waals surface area contributed by atoms with Crippen LogP contribution in [0.2, 0.25) is 0 Å². The molecular formula is C18H22F4N2O2. The monoisotopic (exact) mass is 374 g/mol. The van der Waals surface area contributed by atoms with Gasteiger partial charge in [0.1, 0.15) is 11.4 Å². The lowest BCUT2D eigenvalue weighted by atomic mass is 9.73. The van der Waals surface area contributed by atoms with Crippen LogP contribution in [0.1, 0.15) is 31.9 Å². The number of carbonyl (C=O) groups is 1. The summed E-state index contributed by atoms with van der Waals surface area (Å²) in [5.41, 5.74) is -1.48. The molecule has 0 atom stereocenters. The minimum absolute atomic E-state index is 0.0602. The van der Waals surface area contributed by atoms with Crippen LogP contribution in [-0.2, 0) is 17.5 Å². The summed E-state index contributed by atoms with van der Waals surface area (Å²) in [5.74, 6) is -0.895. The number of ether oxygens (including phenoxy) is 1. The Hall–Kier alpha value is -1.83. The van der Waals surface area contributed by atoms with Crippen molar-refractivity contribution >= 4 is 6.09 Å². The van der Waals surface area contributed by atoms with Gasteiger partial charge in [0.2, 0.25) is 0 Å². The van der Waals surface area contributed by atoms with Crippen LogP contribution in [0, 0.1) is 11.2 Å². The number of hydrogen-bond donors (Lipinski definition) is 0. The van der Waals surface area contributed by atoms with Gasteiger partial charge < -0.3 is 9.64 Å². The molecule has 2 saturated heterocycles. The van der Waals surface area contributed by atoms with E-state index in [0.717, 1.165) is 6.07 Å². The SMILES string of the molecule is CC(C)(C)OC(=O)N1CC2(CN(Cc3ccc(F)cc3C(F)(F)F)C2)C1. The zero-order chi connectivity index (χ0) is 19.3. The minimum atomic E-state index is -4.58. The third-order valence-electron chi connectivity index (χ3n) is 4.59. The zero-order valence-corrected chi connectivity index (χ0v) is 15.0. The van der Waals surface area contributed by atoms with E-state index in [1.54, 1.807) is 25.7 Å². The average Bonchev–Trinajstić information content (AvgIpc) is 2.38. The summed E-state index contributed by atoms with van der Waals surface area (Å²) < 4.78 is 57.7. The van der Waals surface area contributed by atoms with Gasteiger partial charge in [-0.25, -0.2) is 9.18 Å². The Labute approximate surface area is 149 Å². The fraction of sp³-hybridized carbons (Fsp3) is 0.611. The lowest BCUT2D eigenvalue weighted by Crippen LogP contribution is -2.72. The third-order valence-corrected chi connectivity index (χ3v) is 4.59. The van der Waals surface area contributed by atoms with Crippen molar-refractivity contribution in [2.45, 2.75) is 39.1 Å². The number of hydrogen-bond acceptors (Lipinski definition) is 3. The van der Waals surface area contributed by atoms with Crippen molar-refractivity contribution in [1.29, 1.82) is 0 Å². The van der Waals surface area contributed by atoms with Gasteiger partial charge in [-0.3, -0.25) is 4.90 Å². The molecule has 0 aliphatic carbocycles. The summed E-state index contributed by atoms with van der Waals surface area (Å²) >= 11 is 0. The molecule has 2 aliphatic rings. The molecule has 1 spiro atoms. The van der Waals surface area contributed by atoms with Crippen molar-refractivity contribution in [2.75, 3.05) is 26.2 Å². The summed E-state index contributed by atoms with van der Waals surface area (Å²) in [6.07, 6.45) is -4.94. The molecule has 0 saturated carbocycles. The summed E-state index contributed by atoms with van der Waals surface area (Å²) in [4.78, 5) is 15.5. The lowest BCUT2D eigenvalue weighted by molar-refractivity contribution is -0.140. The van der Waals surface area contributed by atoms with Crippen LogP contribution in [-0.4, -0.2) is 47.7 Å². The number of halogens is 4. The summed E-state index contributed by atoms with van der Waals surface area (Å²) in [7, 11) is 0. The van der Waals surface area contributed by atoms with Crippen LogP contribution in [0.4, 0.5) is 22.4 Å². The van der Waals surface area contributed by atoms with E-state index in [1.807, 2.05) is 4.90 Å². The summed E-state index contributed by atoms with van der Waals surface area (Å²) in [5, 5.41) is 0. The molecule has 0 radical (unpaired) electrons. The second-order valence-electron chi connectivity index (χ2n) is 8.28. The van der Waals surface area contributed by atoms with Crippen LogP contribution >= 0.6 is 0 Å². The molecular weight excluding hydrogens is 352 g/mol. The molecule has 1 aromatic rings. The summed E-state index contributed by atoms with van der Waals surface area (Å²) in [6, 6.07) is 2.78. The molecule has 2 aliphatic heterocycles. The summed E-state index contributed by atoms with van der Waals surface area (Å²) in [6.45, 7) is 7.83. The Morgan fingerprint density at radius 1 is 1.15 bits per heavy atom. The smallest absolute Gasteiger partial charge is 0.416 e. The van der Waals surface area contributed by atoms with E-state index in [4.69, 9.17) is 4.74 Å². The van der Waals surface area contributed by atoms with E-state index in [2.05, 4.69) is 0 Å². The predicted octanol–water partition coefficient (Wildman–Crippen LogP) is 3.90. The van der Waals surface area contributed by atoms with E-state index in [9.17, 15) is 22.4 Å². The van der Waals surface area contributed by atoms with Gasteiger partial charge in [-0.15, -0.1) is 0 Å². The first kappa shape index (κ1) is 18.9. The van der Waals surface area contributed by atoms with E-state index >= 15 is 0 Å². The molecule has 3 rings (SSSR count). The van der Waals surface area contributed by atoms with Crippen LogP contribution in [0.15, 0.2) is 18.2 Å². The second-order valence-corrected chi connectivity index (χ2v) is 8.28. The van der Waals surface area contributed by atoms with Crippen molar-refractivity contribution in [3.63, 3.8) is 0 Å². The number of alkyl halides is 3. The zero-order valence-electron chi connectivity index (χ0n) is 15.0. The second kappa shape index (κ2) is 6.11. The van der Waals surface area contributed by atoms with Gasteiger partial charge in [0.05, 0.1) is 5.56 Å². The Morgan fingerprint density at radius 2 is 1.77 bits per heavy atom. The first-order chi connectivity index (χ1) is 11.9. The highest BCUT2D eigenvalue weighted by Gasteiger charge is 2.54. The van der Waals surface area contributed by atoms with Crippen molar-refractivity contribution in [1.82, 2.24) is 9.80 Å². The number of nitrogens with zero attached hydrogens (tertiary/aromatic N) is 2. The normalized spacial score (nSPS) is 19.9. The molecule has 0 bridgehead atoms. The van der Waals surface area contributed by atoms with Crippen LogP contribution in [0.3, 0.4) is 0 Å². The highest BCUT2D eigenvalue weighted by Crippen LogP contribution is 2.42. The van der Waals surface area contributed by atoms with E-state index in [0.29, 0.717) is 32.2 Å². The highest BCUT2D eigenvalue weighted by molar-refractivity contribution is 5.69. The standard InChI is InChI=1S/C18H22F4N2O2/c1-16(2,3)26-15(25)24-10-17(11-24)8-23(9-17)7-12-4-5-13(19)6-14(12)18(20,21)22/h4-6H,7-11H2,1-3H3. The van der Waals surface area contributed by atoms with Gasteiger partial charge in [0.15, 0.2) is 0 Å². The van der Waals surface area contributed by atoms with Crippen molar-refractivity contribution < 1.29 is 27.1 Å². The molecule has 0 aromatic heterocycles. The Kier molecular flexibility index (Phi) is 4.45. The highest BCUT2D eigenvalue weighted by atomic mass is 19.4. The van der Waals surface area contributed by atoms with Gasteiger partial charge >= 0.3 is 12.3 Å². The molecule has 8 heteroatoms. The molecule has 1 amide bonds. The first-order valence-electron chi connectivity index (χ1n) is 8.43. The Bertz CT molecular complexity index is 698. The molecule has 144 valence electrons. The van der Waals surface area contributed by atoms with Gasteiger partial charge in [-0.05, 0) is 38.5 Å². The van der Waals surface area contributed by atoms with Gasteiger partial charge in [0.25, 0.3) is 0 Å². The Balaban J connectivity index is 1.54. The van der Waals surface area contributed by atoms with Crippen LogP contribution < -0.4 is 0 Å². The quantitative estimate of drug-likeness (QED) is 0.736. The van der Waals surface area contributed by atoms with Crippen molar-refractivity contribution in [3.05, 3.63) is 35.1 Å². The maximum atomic E-state index is 13.2. The average molecular weight is 374 g/mol. The van der Waals surface area contributed by atoms with Gasteiger partial charge in [-0.2, -0.15) is 13.2 Å².